The summed E-state index contributed by atoms with van der Waals surface area (Å²) in [5.41, 5.74) is 2.11. The second-order valence-electron chi connectivity index (χ2n) is 8.37. The van der Waals surface area contributed by atoms with Gasteiger partial charge in [-0.2, -0.15) is 0 Å². The van der Waals surface area contributed by atoms with Crippen molar-refractivity contribution in [3.05, 3.63) is 59.7 Å². The lowest BCUT2D eigenvalue weighted by Crippen LogP contribution is -2.60. The molecule has 3 rings (SSSR count). The summed E-state index contributed by atoms with van der Waals surface area (Å²) in [6, 6.07) is 14.1. The number of Topliss-reactive ketones (excluding diaryl/α,β-unsaturated/α-hetero) is 1. The topological polar surface area (TPSA) is 137 Å². The van der Waals surface area contributed by atoms with Gasteiger partial charge in [-0.25, -0.2) is 0 Å². The van der Waals surface area contributed by atoms with Crippen molar-refractivity contribution in [1.82, 2.24) is 0 Å². The lowest BCUT2D eigenvalue weighted by molar-refractivity contribution is -0.277. The van der Waals surface area contributed by atoms with Crippen LogP contribution in [0, 0.1) is 0 Å². The first-order valence-corrected chi connectivity index (χ1v) is 11.2. The molecule has 8 nitrogen and oxygen atoms in total. The molecule has 0 aliphatic carbocycles. The van der Waals surface area contributed by atoms with Gasteiger partial charge in [-0.1, -0.05) is 24.3 Å². The van der Waals surface area contributed by atoms with Crippen molar-refractivity contribution in [2.24, 2.45) is 0 Å². The second kappa shape index (κ2) is 12.1. The highest BCUT2D eigenvalue weighted by Gasteiger charge is 2.44. The van der Waals surface area contributed by atoms with Gasteiger partial charge in [0.2, 0.25) is 6.29 Å². The maximum absolute atomic E-state index is 12.1. The number of aryl methyl sites for hydroxylation is 2. The van der Waals surface area contributed by atoms with Crippen LogP contribution in [0.3, 0.4) is 0 Å². The highest BCUT2D eigenvalue weighted by atomic mass is 16.7. The normalized spacial score (nSPS) is 25.0. The summed E-state index contributed by atoms with van der Waals surface area (Å²) in [5.74, 6) is 0.873. The molecular formula is C25H32O8. The van der Waals surface area contributed by atoms with E-state index in [0.29, 0.717) is 25.0 Å². The second-order valence-corrected chi connectivity index (χ2v) is 8.37. The zero-order valence-electron chi connectivity index (χ0n) is 18.4. The molecule has 0 saturated carbocycles. The predicted octanol–water partition coefficient (Wildman–Crippen LogP) is 1.49. The van der Waals surface area contributed by atoms with E-state index in [1.54, 1.807) is 24.3 Å². The fourth-order valence-electron chi connectivity index (χ4n) is 3.76. The molecule has 1 fully saturated rings. The zero-order valence-corrected chi connectivity index (χ0v) is 18.4. The minimum absolute atomic E-state index is 0.221. The van der Waals surface area contributed by atoms with Gasteiger partial charge in [0, 0.05) is 12.8 Å². The molecule has 0 amide bonds. The summed E-state index contributed by atoms with van der Waals surface area (Å²) in [4.78, 5) is 12.1. The number of benzene rings is 2. The molecule has 33 heavy (non-hydrogen) atoms. The fraction of sp³-hybridized carbons (Fsp3) is 0.480. The number of aromatic hydroxyl groups is 1. The maximum atomic E-state index is 12.1. The van der Waals surface area contributed by atoms with Gasteiger partial charge in [0.15, 0.2) is 0 Å². The summed E-state index contributed by atoms with van der Waals surface area (Å²) < 4.78 is 10.9. The van der Waals surface area contributed by atoms with Gasteiger partial charge in [0.05, 0.1) is 6.61 Å². The van der Waals surface area contributed by atoms with Crippen molar-refractivity contribution in [3.8, 4) is 11.5 Å². The van der Waals surface area contributed by atoms with Crippen LogP contribution in [0.1, 0.15) is 36.8 Å². The first-order chi connectivity index (χ1) is 15.9. The minimum Gasteiger partial charge on any atom is -0.508 e. The number of carbonyl (C=O) groups is 1. The number of carbonyl (C=O) groups excluding carboxylic acids is 1. The maximum Gasteiger partial charge on any atom is 0.229 e. The molecule has 5 atom stereocenters. The Morgan fingerprint density at radius 2 is 1.45 bits per heavy atom. The number of aliphatic hydroxyl groups excluding tert-OH is 4. The van der Waals surface area contributed by atoms with Crippen LogP contribution in [0.4, 0.5) is 0 Å². The monoisotopic (exact) mass is 460 g/mol. The number of phenols is 1. The Hall–Kier alpha value is -2.49. The number of hydrogen-bond donors (Lipinski definition) is 5. The van der Waals surface area contributed by atoms with E-state index in [9.17, 15) is 30.3 Å². The van der Waals surface area contributed by atoms with Gasteiger partial charge >= 0.3 is 0 Å². The van der Waals surface area contributed by atoms with E-state index in [1.807, 2.05) is 24.3 Å². The average molecular weight is 461 g/mol. The van der Waals surface area contributed by atoms with E-state index >= 15 is 0 Å². The lowest BCUT2D eigenvalue weighted by atomic mass is 9.99. The summed E-state index contributed by atoms with van der Waals surface area (Å²) in [5, 5.41) is 48.3. The molecule has 1 aliphatic heterocycles. The van der Waals surface area contributed by atoms with E-state index in [1.165, 1.54) is 0 Å². The van der Waals surface area contributed by atoms with E-state index in [0.717, 1.165) is 30.4 Å². The molecule has 180 valence electrons. The Balaban J connectivity index is 1.37. The third-order valence-corrected chi connectivity index (χ3v) is 5.82. The Morgan fingerprint density at radius 1 is 0.818 bits per heavy atom. The lowest BCUT2D eigenvalue weighted by Gasteiger charge is -2.39. The number of unbranched alkanes of at least 4 members (excludes halogenated alkanes) is 1. The molecular weight excluding hydrogens is 428 g/mol. The van der Waals surface area contributed by atoms with Crippen LogP contribution in [0.15, 0.2) is 48.5 Å². The molecule has 2 aromatic rings. The van der Waals surface area contributed by atoms with E-state index < -0.39 is 37.3 Å². The first-order valence-electron chi connectivity index (χ1n) is 11.2. The predicted molar refractivity (Wildman–Crippen MR) is 120 cm³/mol. The van der Waals surface area contributed by atoms with Gasteiger partial charge in [-0.05, 0) is 61.1 Å². The Kier molecular flexibility index (Phi) is 9.22. The molecule has 0 aromatic heterocycles. The smallest absolute Gasteiger partial charge is 0.229 e. The van der Waals surface area contributed by atoms with Gasteiger partial charge in [-0.3, -0.25) is 4.79 Å². The number of aliphatic hydroxyl groups is 4. The van der Waals surface area contributed by atoms with Crippen LogP contribution in [-0.4, -0.2) is 68.6 Å². The van der Waals surface area contributed by atoms with Crippen molar-refractivity contribution >= 4 is 5.78 Å². The van der Waals surface area contributed by atoms with Crippen LogP contribution in [0.2, 0.25) is 0 Å². The van der Waals surface area contributed by atoms with Crippen molar-refractivity contribution in [1.29, 1.82) is 0 Å². The van der Waals surface area contributed by atoms with Gasteiger partial charge < -0.3 is 35.0 Å². The van der Waals surface area contributed by atoms with Crippen LogP contribution >= 0.6 is 0 Å². The summed E-state index contributed by atoms with van der Waals surface area (Å²) in [6.45, 7) is -0.511. The van der Waals surface area contributed by atoms with Crippen molar-refractivity contribution in [2.75, 3.05) is 6.61 Å². The SMILES string of the molecule is O=C(CCCCc1ccc(O[C@@H]2O[C@@H](CO)[C@H](O)[C@@H](O)[C@@H]2O)cc1)CCc1ccc(O)cc1. The Labute approximate surface area is 193 Å². The molecule has 8 heteroatoms. The minimum atomic E-state index is -1.48. The third-order valence-electron chi connectivity index (χ3n) is 5.82. The molecule has 1 aliphatic rings. The average Bonchev–Trinajstić information content (AvgIpc) is 2.82. The van der Waals surface area contributed by atoms with Crippen molar-refractivity contribution in [3.63, 3.8) is 0 Å². The van der Waals surface area contributed by atoms with Gasteiger partial charge in [-0.15, -0.1) is 0 Å². The highest BCUT2D eigenvalue weighted by Crippen LogP contribution is 2.25. The molecule has 5 N–H and O–H groups in total. The van der Waals surface area contributed by atoms with Crippen molar-refractivity contribution < 1.29 is 39.8 Å². The quantitative estimate of drug-likeness (QED) is 0.318. The molecule has 0 bridgehead atoms. The van der Waals surface area contributed by atoms with Crippen molar-refractivity contribution in [2.45, 2.75) is 69.2 Å². The van der Waals surface area contributed by atoms with Gasteiger partial charge in [0.1, 0.15) is 41.7 Å². The number of ether oxygens (including phenoxy) is 2. The van der Waals surface area contributed by atoms with Crippen LogP contribution < -0.4 is 4.74 Å². The first kappa shape index (κ1) is 25.1. The largest absolute Gasteiger partial charge is 0.508 e. The third kappa shape index (κ3) is 7.25. The number of ketones is 1. The summed E-state index contributed by atoms with van der Waals surface area (Å²) in [6.07, 6.45) is -2.39. The molecule has 1 saturated heterocycles. The van der Waals surface area contributed by atoms with E-state index in [-0.39, 0.29) is 11.5 Å². The summed E-state index contributed by atoms with van der Waals surface area (Å²) in [7, 11) is 0. The van der Waals surface area contributed by atoms with Crippen LogP contribution in [0.25, 0.3) is 0 Å². The van der Waals surface area contributed by atoms with E-state index in [4.69, 9.17) is 9.47 Å². The highest BCUT2D eigenvalue weighted by molar-refractivity contribution is 5.78. The van der Waals surface area contributed by atoms with Crippen LogP contribution in [0.5, 0.6) is 11.5 Å². The molecule has 2 aromatic carbocycles. The number of rotatable bonds is 11. The molecule has 1 heterocycles. The molecule has 0 unspecified atom stereocenters. The standard InChI is InChI=1S/C25H32O8/c26-15-21-22(29)23(30)24(31)25(33-21)32-20-13-8-16(9-14-20)3-1-2-4-18(27)10-5-17-6-11-19(28)12-7-17/h6-9,11-14,21-26,28-31H,1-5,10,15H2/t21-,22-,23+,24-,25+/m0/s1. The molecule has 0 radical (unpaired) electrons. The Bertz CT molecular complexity index is 865. The number of hydrogen-bond acceptors (Lipinski definition) is 8. The Morgan fingerprint density at radius 3 is 2.12 bits per heavy atom. The number of phenolic OH excluding ortho intramolecular Hbond substituents is 1. The fourth-order valence-corrected chi connectivity index (χ4v) is 3.76. The van der Waals surface area contributed by atoms with E-state index in [2.05, 4.69) is 0 Å². The zero-order chi connectivity index (χ0) is 23.8. The molecule has 0 spiro atoms. The van der Waals surface area contributed by atoms with Gasteiger partial charge in [0.25, 0.3) is 0 Å². The van der Waals surface area contributed by atoms with Crippen LogP contribution in [-0.2, 0) is 22.4 Å². The summed E-state index contributed by atoms with van der Waals surface area (Å²) >= 11 is 0.